The number of halogens is 6. The van der Waals surface area contributed by atoms with Gasteiger partial charge in [0.2, 0.25) is 0 Å². The molecule has 0 aliphatic carbocycles. The summed E-state index contributed by atoms with van der Waals surface area (Å²) in [7, 11) is 0. The molecular formula is C11H8F6O4. The minimum atomic E-state index is -5.21. The molecule has 21 heavy (non-hydrogen) atoms. The normalized spacial score (nSPS) is 12.1. The molecule has 1 aromatic rings. The molecule has 0 atom stereocenters. The van der Waals surface area contributed by atoms with E-state index >= 15 is 0 Å². The lowest BCUT2D eigenvalue weighted by molar-refractivity contribution is -0.287. The Hall–Kier alpha value is -2.13. The molecule has 0 aliphatic heterocycles. The first-order chi connectivity index (χ1) is 9.46. The van der Waals surface area contributed by atoms with Crippen LogP contribution < -0.4 is 9.47 Å². The number of rotatable bonds is 5. The van der Waals surface area contributed by atoms with E-state index in [4.69, 9.17) is 5.11 Å². The first-order valence-corrected chi connectivity index (χ1v) is 5.32. The number of hydrogen-bond acceptors (Lipinski definition) is 3. The number of carbonyl (C=O) groups is 1. The maximum Gasteiger partial charge on any atom is 0.573 e. The van der Waals surface area contributed by atoms with Crippen molar-refractivity contribution in [3.8, 4) is 11.5 Å². The van der Waals surface area contributed by atoms with Crippen molar-refractivity contribution < 1.29 is 45.7 Å². The van der Waals surface area contributed by atoms with Gasteiger partial charge in [-0.2, -0.15) is 0 Å². The molecular weight excluding hydrogens is 310 g/mol. The highest BCUT2D eigenvalue weighted by Crippen LogP contribution is 2.36. The summed E-state index contributed by atoms with van der Waals surface area (Å²) < 4.78 is 79.5. The van der Waals surface area contributed by atoms with E-state index in [0.717, 1.165) is 6.07 Å². The monoisotopic (exact) mass is 318 g/mol. The number of carboxylic acids is 1. The van der Waals surface area contributed by atoms with Crippen LogP contribution in [0.25, 0.3) is 0 Å². The van der Waals surface area contributed by atoms with E-state index in [0.29, 0.717) is 12.1 Å². The summed E-state index contributed by atoms with van der Waals surface area (Å²) in [5, 5.41) is 8.45. The standard InChI is InChI=1S/C11H8F6O4/c12-10(13,14)20-7-3-1-6(2-4-9(18)19)5-8(7)21-11(15,16)17/h1,3,5H,2,4H2,(H,18,19). The minimum Gasteiger partial charge on any atom is -0.481 e. The molecule has 0 heterocycles. The van der Waals surface area contributed by atoms with Crippen LogP contribution in [0.4, 0.5) is 26.3 Å². The zero-order chi connectivity index (χ0) is 16.3. The Morgan fingerprint density at radius 2 is 1.52 bits per heavy atom. The maximum absolute atomic E-state index is 12.1. The molecule has 0 saturated heterocycles. The first-order valence-electron chi connectivity index (χ1n) is 5.32. The molecule has 0 spiro atoms. The SMILES string of the molecule is O=C(O)CCc1ccc(OC(F)(F)F)c(OC(F)(F)F)c1. The smallest absolute Gasteiger partial charge is 0.481 e. The van der Waals surface area contributed by atoms with Gasteiger partial charge in [0.05, 0.1) is 0 Å². The molecule has 4 nitrogen and oxygen atoms in total. The van der Waals surface area contributed by atoms with Crippen molar-refractivity contribution in [2.45, 2.75) is 25.6 Å². The van der Waals surface area contributed by atoms with E-state index in [2.05, 4.69) is 9.47 Å². The van der Waals surface area contributed by atoms with Crippen molar-refractivity contribution in [1.29, 1.82) is 0 Å². The average Bonchev–Trinajstić information content (AvgIpc) is 2.25. The van der Waals surface area contributed by atoms with Crippen molar-refractivity contribution in [2.24, 2.45) is 0 Å². The summed E-state index contributed by atoms with van der Waals surface area (Å²) in [5.74, 6) is -3.56. The Kier molecular flexibility index (Phi) is 4.92. The summed E-state index contributed by atoms with van der Waals surface area (Å²) in [4.78, 5) is 10.4. The second kappa shape index (κ2) is 6.10. The third kappa shape index (κ3) is 6.72. The van der Waals surface area contributed by atoms with Gasteiger partial charge in [-0.25, -0.2) is 0 Å². The summed E-state index contributed by atoms with van der Waals surface area (Å²) >= 11 is 0. The molecule has 0 aliphatic rings. The Labute approximate surface area is 113 Å². The third-order valence-electron chi connectivity index (χ3n) is 2.09. The van der Waals surface area contributed by atoms with Crippen LogP contribution in [-0.2, 0) is 11.2 Å². The molecule has 10 heteroatoms. The van der Waals surface area contributed by atoms with Gasteiger partial charge in [-0.1, -0.05) is 6.07 Å². The van der Waals surface area contributed by atoms with E-state index in [1.165, 1.54) is 0 Å². The molecule has 1 rings (SSSR count). The minimum absolute atomic E-state index is 0.0613. The second-order valence-corrected chi connectivity index (χ2v) is 3.77. The fourth-order valence-electron chi connectivity index (χ4n) is 1.37. The highest BCUT2D eigenvalue weighted by Gasteiger charge is 2.36. The lowest BCUT2D eigenvalue weighted by Crippen LogP contribution is -2.21. The quantitative estimate of drug-likeness (QED) is 0.844. The van der Waals surface area contributed by atoms with Gasteiger partial charge in [0.15, 0.2) is 11.5 Å². The molecule has 0 aromatic heterocycles. The van der Waals surface area contributed by atoms with Gasteiger partial charge in [0.1, 0.15) is 0 Å². The largest absolute Gasteiger partial charge is 0.573 e. The topological polar surface area (TPSA) is 55.8 Å². The van der Waals surface area contributed by atoms with Crippen molar-refractivity contribution in [1.82, 2.24) is 0 Å². The number of benzene rings is 1. The Balaban J connectivity index is 3.04. The lowest BCUT2D eigenvalue weighted by atomic mass is 10.1. The fraction of sp³-hybridized carbons (Fsp3) is 0.364. The van der Waals surface area contributed by atoms with Gasteiger partial charge in [-0.3, -0.25) is 4.79 Å². The summed E-state index contributed by atoms with van der Waals surface area (Å²) in [5.41, 5.74) is 0.0613. The van der Waals surface area contributed by atoms with Crippen molar-refractivity contribution >= 4 is 5.97 Å². The number of alkyl halides is 6. The van der Waals surface area contributed by atoms with E-state index in [9.17, 15) is 31.1 Å². The van der Waals surface area contributed by atoms with E-state index in [1.54, 1.807) is 0 Å². The summed E-state index contributed by atoms with van der Waals surface area (Å²) in [6.45, 7) is 0. The van der Waals surface area contributed by atoms with Crippen molar-refractivity contribution in [2.75, 3.05) is 0 Å². The van der Waals surface area contributed by atoms with Crippen LogP contribution in [0.1, 0.15) is 12.0 Å². The van der Waals surface area contributed by atoms with Crippen molar-refractivity contribution in [3.05, 3.63) is 23.8 Å². The van der Waals surface area contributed by atoms with Crippen LogP contribution in [-0.4, -0.2) is 23.8 Å². The predicted molar refractivity (Wildman–Crippen MR) is 55.8 cm³/mol. The highest BCUT2D eigenvalue weighted by atomic mass is 19.4. The van der Waals surface area contributed by atoms with Gasteiger partial charge < -0.3 is 14.6 Å². The van der Waals surface area contributed by atoms with E-state index in [1.807, 2.05) is 0 Å². The van der Waals surface area contributed by atoms with Gasteiger partial charge >= 0.3 is 18.7 Å². The van der Waals surface area contributed by atoms with Crippen molar-refractivity contribution in [3.63, 3.8) is 0 Å². The number of ether oxygens (including phenoxy) is 2. The molecule has 1 N–H and O–H groups in total. The highest BCUT2D eigenvalue weighted by molar-refractivity contribution is 5.67. The number of aryl methyl sites for hydroxylation is 1. The molecule has 0 saturated carbocycles. The maximum atomic E-state index is 12.1. The summed E-state index contributed by atoms with van der Waals surface area (Å²) in [6.07, 6.45) is -11.0. The fourth-order valence-corrected chi connectivity index (χ4v) is 1.37. The van der Waals surface area contributed by atoms with Gasteiger partial charge in [-0.15, -0.1) is 26.3 Å². The summed E-state index contributed by atoms with van der Waals surface area (Å²) in [6, 6.07) is 2.30. The molecule has 0 fully saturated rings. The number of aliphatic carboxylic acids is 1. The Morgan fingerprint density at radius 3 is 2.00 bits per heavy atom. The number of carboxylic acid groups (broad SMARTS) is 1. The lowest BCUT2D eigenvalue weighted by Gasteiger charge is -2.16. The van der Waals surface area contributed by atoms with Crippen LogP contribution >= 0.6 is 0 Å². The average molecular weight is 318 g/mol. The molecule has 0 unspecified atom stereocenters. The first kappa shape index (κ1) is 16.9. The zero-order valence-electron chi connectivity index (χ0n) is 10.1. The van der Waals surface area contributed by atoms with Crippen LogP contribution in [0.3, 0.4) is 0 Å². The third-order valence-corrected chi connectivity index (χ3v) is 2.09. The molecule has 0 bridgehead atoms. The van der Waals surface area contributed by atoms with E-state index in [-0.39, 0.29) is 12.0 Å². The van der Waals surface area contributed by atoms with Gasteiger partial charge in [0.25, 0.3) is 0 Å². The molecule has 0 amide bonds. The van der Waals surface area contributed by atoms with Gasteiger partial charge in [0, 0.05) is 6.42 Å². The van der Waals surface area contributed by atoms with Gasteiger partial charge in [-0.05, 0) is 24.1 Å². The molecule has 1 aromatic carbocycles. The number of hydrogen-bond donors (Lipinski definition) is 1. The Bertz CT molecular complexity index is 508. The van der Waals surface area contributed by atoms with Crippen LogP contribution in [0.15, 0.2) is 18.2 Å². The Morgan fingerprint density at radius 1 is 1.00 bits per heavy atom. The van der Waals surface area contributed by atoms with E-state index < -0.39 is 36.6 Å². The zero-order valence-corrected chi connectivity index (χ0v) is 10.1. The molecule has 118 valence electrons. The van der Waals surface area contributed by atoms with Crippen LogP contribution in [0.5, 0.6) is 11.5 Å². The second-order valence-electron chi connectivity index (χ2n) is 3.77. The van der Waals surface area contributed by atoms with Crippen LogP contribution in [0.2, 0.25) is 0 Å². The molecule has 0 radical (unpaired) electrons. The predicted octanol–water partition coefficient (Wildman–Crippen LogP) is 3.50. The van der Waals surface area contributed by atoms with Crippen LogP contribution in [0, 0.1) is 0 Å².